The highest BCUT2D eigenvalue weighted by Crippen LogP contribution is 2.22. The van der Waals surface area contributed by atoms with E-state index >= 15 is 0 Å². The second-order valence-corrected chi connectivity index (χ2v) is 6.39. The lowest BCUT2D eigenvalue weighted by Crippen LogP contribution is -2.33. The number of benzene rings is 2. The number of nitrogens with two attached hydrogens (primary N) is 1. The van der Waals surface area contributed by atoms with Crippen molar-refractivity contribution in [3.8, 4) is 0 Å². The largest absolute Gasteiger partial charge is 0.477 e. The quantitative estimate of drug-likeness (QED) is 0.535. The number of carbonyl (C=O) groups excluding carboxylic acids is 1. The van der Waals surface area contributed by atoms with Gasteiger partial charge < -0.3 is 21.1 Å². The van der Waals surface area contributed by atoms with Crippen molar-refractivity contribution in [1.82, 2.24) is 10.3 Å². The molecule has 138 valence electrons. The molecule has 0 saturated heterocycles. The summed E-state index contributed by atoms with van der Waals surface area (Å²) in [6.45, 7) is 0.0682. The maximum Gasteiger partial charge on any atom is 0.341 e. The number of carbonyl (C=O) groups is 2. The van der Waals surface area contributed by atoms with E-state index in [0.717, 1.165) is 0 Å². The van der Waals surface area contributed by atoms with Crippen molar-refractivity contribution < 1.29 is 14.7 Å². The topological polar surface area (TPSA) is 125 Å². The molecule has 0 aliphatic heterocycles. The highest BCUT2D eigenvalue weighted by Gasteiger charge is 2.17. The second-order valence-electron chi connectivity index (χ2n) is 5.95. The Morgan fingerprint density at radius 3 is 2.56 bits per heavy atom. The lowest BCUT2D eigenvalue weighted by Gasteiger charge is -2.14. The fourth-order valence-electron chi connectivity index (χ4n) is 2.76. The van der Waals surface area contributed by atoms with Crippen molar-refractivity contribution in [3.05, 3.63) is 80.6 Å². The zero-order valence-electron chi connectivity index (χ0n) is 14.0. The summed E-state index contributed by atoms with van der Waals surface area (Å²) in [5, 5.41) is 12.6. The van der Waals surface area contributed by atoms with Crippen LogP contribution in [0.2, 0.25) is 5.02 Å². The number of pyridine rings is 1. The summed E-state index contributed by atoms with van der Waals surface area (Å²) in [6.07, 6.45) is 0. The van der Waals surface area contributed by atoms with E-state index in [1.54, 1.807) is 36.4 Å². The lowest BCUT2D eigenvalue weighted by molar-refractivity contribution is -0.122. The van der Waals surface area contributed by atoms with Gasteiger partial charge in [0.15, 0.2) is 0 Å². The van der Waals surface area contributed by atoms with Crippen LogP contribution in [0.1, 0.15) is 27.5 Å². The summed E-state index contributed by atoms with van der Waals surface area (Å²) in [6, 6.07) is 12.5. The summed E-state index contributed by atoms with van der Waals surface area (Å²) in [5.74, 6) is -1.72. The van der Waals surface area contributed by atoms with Gasteiger partial charge in [0.2, 0.25) is 5.91 Å². The van der Waals surface area contributed by atoms with Gasteiger partial charge in [-0.25, -0.2) is 4.79 Å². The maximum atomic E-state index is 12.3. The Labute approximate surface area is 158 Å². The minimum atomic E-state index is -1.33. The van der Waals surface area contributed by atoms with Crippen LogP contribution in [-0.4, -0.2) is 22.0 Å². The van der Waals surface area contributed by atoms with Gasteiger partial charge in [0.05, 0.1) is 5.52 Å². The molecule has 8 heteroatoms. The fourth-order valence-corrected chi connectivity index (χ4v) is 3.01. The SMILES string of the molecule is N[C@H](C(=O)NCc1cc(Cl)cc2cc(C(=O)O)c(=O)[nH]c12)c1ccccc1. The molecule has 1 amide bonds. The number of carboxylic acid groups (broad SMARTS) is 1. The number of hydrogen-bond acceptors (Lipinski definition) is 4. The average Bonchev–Trinajstić information content (AvgIpc) is 2.65. The van der Waals surface area contributed by atoms with E-state index in [9.17, 15) is 14.4 Å². The summed E-state index contributed by atoms with van der Waals surface area (Å²) >= 11 is 6.09. The van der Waals surface area contributed by atoms with Crippen LogP contribution >= 0.6 is 11.6 Å². The van der Waals surface area contributed by atoms with Crippen LogP contribution in [0.15, 0.2) is 53.3 Å². The maximum absolute atomic E-state index is 12.3. The molecule has 3 rings (SSSR count). The highest BCUT2D eigenvalue weighted by molar-refractivity contribution is 6.31. The Kier molecular flexibility index (Phi) is 5.25. The molecule has 0 aliphatic carbocycles. The predicted molar refractivity (Wildman–Crippen MR) is 102 cm³/mol. The van der Waals surface area contributed by atoms with Crippen LogP contribution in [0, 0.1) is 0 Å². The summed E-state index contributed by atoms with van der Waals surface area (Å²) in [4.78, 5) is 38.0. The third-order valence-electron chi connectivity index (χ3n) is 4.12. The zero-order chi connectivity index (χ0) is 19.6. The number of hydrogen-bond donors (Lipinski definition) is 4. The van der Waals surface area contributed by atoms with Crippen LogP contribution in [0.3, 0.4) is 0 Å². The molecule has 0 fully saturated rings. The summed E-state index contributed by atoms with van der Waals surface area (Å²) < 4.78 is 0. The van der Waals surface area contributed by atoms with Crippen molar-refractivity contribution in [2.45, 2.75) is 12.6 Å². The molecule has 0 saturated carbocycles. The minimum absolute atomic E-state index is 0.0682. The number of fused-ring (bicyclic) bond motifs is 1. The highest BCUT2D eigenvalue weighted by atomic mass is 35.5. The van der Waals surface area contributed by atoms with E-state index < -0.39 is 17.6 Å². The third kappa shape index (κ3) is 3.99. The van der Waals surface area contributed by atoms with Gasteiger partial charge in [0.1, 0.15) is 11.6 Å². The average molecular weight is 386 g/mol. The zero-order valence-corrected chi connectivity index (χ0v) is 14.8. The van der Waals surface area contributed by atoms with Crippen molar-refractivity contribution in [2.24, 2.45) is 5.73 Å². The van der Waals surface area contributed by atoms with Crippen molar-refractivity contribution in [2.75, 3.05) is 0 Å². The molecule has 0 aliphatic rings. The monoisotopic (exact) mass is 385 g/mol. The van der Waals surface area contributed by atoms with Gasteiger partial charge in [-0.3, -0.25) is 9.59 Å². The molecule has 7 nitrogen and oxygen atoms in total. The van der Waals surface area contributed by atoms with Gasteiger partial charge in [-0.1, -0.05) is 41.9 Å². The molecule has 2 aromatic carbocycles. The van der Waals surface area contributed by atoms with Crippen molar-refractivity contribution >= 4 is 34.4 Å². The third-order valence-corrected chi connectivity index (χ3v) is 4.34. The van der Waals surface area contributed by atoms with Gasteiger partial charge in [-0.05, 0) is 29.3 Å². The number of carboxylic acids is 1. The number of halogens is 1. The standard InChI is InChI=1S/C19H16ClN3O4/c20-13-6-11-8-14(19(26)27)17(24)23-16(11)12(7-13)9-22-18(25)15(21)10-4-2-1-3-5-10/h1-8,15H,9,21H2,(H,22,25)(H,23,24)(H,26,27)/t15-/m0/s1. The van der Waals surface area contributed by atoms with Gasteiger partial charge in [0.25, 0.3) is 5.56 Å². The molecule has 1 heterocycles. The van der Waals surface area contributed by atoms with Crippen molar-refractivity contribution in [3.63, 3.8) is 0 Å². The molecule has 27 heavy (non-hydrogen) atoms. The number of aromatic nitrogens is 1. The molecular formula is C19H16ClN3O4. The molecule has 5 N–H and O–H groups in total. The van der Waals surface area contributed by atoms with Gasteiger partial charge in [-0.15, -0.1) is 0 Å². The number of rotatable bonds is 5. The summed E-state index contributed by atoms with van der Waals surface area (Å²) in [7, 11) is 0. The summed E-state index contributed by atoms with van der Waals surface area (Å²) in [5.41, 5.74) is 6.47. The second kappa shape index (κ2) is 7.61. The Hall–Kier alpha value is -3.16. The molecule has 0 bridgehead atoms. The smallest absolute Gasteiger partial charge is 0.341 e. The Bertz CT molecular complexity index is 1080. The first kappa shape index (κ1) is 18.6. The van der Waals surface area contributed by atoms with E-state index in [4.69, 9.17) is 22.4 Å². The van der Waals surface area contributed by atoms with E-state index in [-0.39, 0.29) is 18.0 Å². The predicted octanol–water partition coefficient (Wildman–Crippen LogP) is 2.20. The first-order valence-corrected chi connectivity index (χ1v) is 8.41. The normalized spacial score (nSPS) is 11.9. The first-order chi connectivity index (χ1) is 12.9. The Balaban J connectivity index is 1.88. The minimum Gasteiger partial charge on any atom is -0.477 e. The van der Waals surface area contributed by atoms with Gasteiger partial charge >= 0.3 is 5.97 Å². The number of aromatic carboxylic acids is 1. The number of nitrogens with one attached hydrogen (secondary N) is 2. The molecular weight excluding hydrogens is 370 g/mol. The van der Waals surface area contributed by atoms with Crippen LogP contribution in [0.25, 0.3) is 10.9 Å². The lowest BCUT2D eigenvalue weighted by atomic mass is 10.1. The number of H-pyrrole nitrogens is 1. The number of amides is 1. The van der Waals surface area contributed by atoms with Gasteiger partial charge in [0, 0.05) is 17.0 Å². The molecule has 0 radical (unpaired) electrons. The molecule has 0 unspecified atom stereocenters. The van der Waals surface area contributed by atoms with E-state index in [0.29, 0.717) is 27.1 Å². The molecule has 1 atom stereocenters. The van der Waals surface area contributed by atoms with Crippen LogP contribution in [0.5, 0.6) is 0 Å². The van der Waals surface area contributed by atoms with Crippen LogP contribution < -0.4 is 16.6 Å². The number of aromatic amines is 1. The Morgan fingerprint density at radius 1 is 1.19 bits per heavy atom. The van der Waals surface area contributed by atoms with Crippen LogP contribution in [-0.2, 0) is 11.3 Å². The van der Waals surface area contributed by atoms with E-state index in [2.05, 4.69) is 10.3 Å². The van der Waals surface area contributed by atoms with Crippen LogP contribution in [0.4, 0.5) is 0 Å². The Morgan fingerprint density at radius 2 is 1.89 bits per heavy atom. The van der Waals surface area contributed by atoms with E-state index in [1.165, 1.54) is 6.07 Å². The molecule has 1 aromatic heterocycles. The van der Waals surface area contributed by atoms with Gasteiger partial charge in [-0.2, -0.15) is 0 Å². The fraction of sp³-hybridized carbons (Fsp3) is 0.105. The van der Waals surface area contributed by atoms with E-state index in [1.807, 2.05) is 6.07 Å². The molecule has 0 spiro atoms. The van der Waals surface area contributed by atoms with Crippen molar-refractivity contribution in [1.29, 1.82) is 0 Å². The first-order valence-electron chi connectivity index (χ1n) is 8.04. The molecule has 3 aromatic rings.